The summed E-state index contributed by atoms with van der Waals surface area (Å²) in [5.41, 5.74) is 0.730. The zero-order chi connectivity index (χ0) is 14.7. The number of amides is 1. The van der Waals surface area contributed by atoms with Crippen LogP contribution < -0.4 is 4.74 Å². The van der Waals surface area contributed by atoms with Crippen LogP contribution >= 0.6 is 23.2 Å². The molecule has 0 aromatic heterocycles. The Kier molecular flexibility index (Phi) is 5.13. The molecular formula is C14H18Cl2N2O2. The first kappa shape index (κ1) is 15.4. The van der Waals surface area contributed by atoms with E-state index in [1.54, 1.807) is 19.2 Å². The van der Waals surface area contributed by atoms with Gasteiger partial charge in [-0.2, -0.15) is 0 Å². The number of likely N-dealkylation sites (N-methyl/N-ethyl adjacent to an activating group) is 1. The highest BCUT2D eigenvalue weighted by Crippen LogP contribution is 2.32. The minimum atomic E-state index is 0.0785. The van der Waals surface area contributed by atoms with Gasteiger partial charge in [0, 0.05) is 36.8 Å². The third kappa shape index (κ3) is 3.57. The van der Waals surface area contributed by atoms with E-state index in [1.165, 1.54) is 0 Å². The highest BCUT2D eigenvalue weighted by molar-refractivity contribution is 6.35. The monoisotopic (exact) mass is 316 g/mol. The molecule has 1 aliphatic rings. The second-order valence-corrected chi connectivity index (χ2v) is 5.78. The molecule has 1 saturated heterocycles. The predicted octanol–water partition coefficient (Wildman–Crippen LogP) is 2.32. The normalized spacial score (nSPS) is 16.3. The van der Waals surface area contributed by atoms with Gasteiger partial charge in [-0.25, -0.2) is 0 Å². The van der Waals surface area contributed by atoms with Crippen molar-refractivity contribution in [1.29, 1.82) is 0 Å². The van der Waals surface area contributed by atoms with E-state index in [0.717, 1.165) is 31.7 Å². The summed E-state index contributed by atoms with van der Waals surface area (Å²) in [5.74, 6) is 0.605. The van der Waals surface area contributed by atoms with Crippen molar-refractivity contribution in [3.63, 3.8) is 0 Å². The summed E-state index contributed by atoms with van der Waals surface area (Å²) < 4.78 is 5.27. The van der Waals surface area contributed by atoms with E-state index in [-0.39, 0.29) is 12.3 Å². The Morgan fingerprint density at radius 2 is 1.90 bits per heavy atom. The third-order valence-corrected chi connectivity index (χ3v) is 3.99. The van der Waals surface area contributed by atoms with E-state index in [2.05, 4.69) is 11.9 Å². The van der Waals surface area contributed by atoms with Crippen molar-refractivity contribution in [1.82, 2.24) is 9.80 Å². The number of halogens is 2. The lowest BCUT2D eigenvalue weighted by atomic mass is 10.1. The van der Waals surface area contributed by atoms with Crippen molar-refractivity contribution in [2.75, 3.05) is 40.3 Å². The Hall–Kier alpha value is -0.970. The second kappa shape index (κ2) is 6.66. The number of carbonyl (C=O) groups is 1. The number of piperazine rings is 1. The highest BCUT2D eigenvalue weighted by Gasteiger charge is 2.21. The lowest BCUT2D eigenvalue weighted by molar-refractivity contribution is -0.132. The molecule has 1 heterocycles. The van der Waals surface area contributed by atoms with E-state index < -0.39 is 0 Å². The van der Waals surface area contributed by atoms with Crippen LogP contribution in [0.2, 0.25) is 10.0 Å². The van der Waals surface area contributed by atoms with Crippen molar-refractivity contribution in [3.8, 4) is 5.75 Å². The first-order valence-corrected chi connectivity index (χ1v) is 7.25. The van der Waals surface area contributed by atoms with E-state index in [0.29, 0.717) is 15.8 Å². The SMILES string of the molecule is COc1c(Cl)cc(Cl)cc1CC(=O)N1CCN(C)CC1. The van der Waals surface area contributed by atoms with Crippen LogP contribution in [-0.2, 0) is 11.2 Å². The summed E-state index contributed by atoms with van der Waals surface area (Å²) in [6.07, 6.45) is 0.257. The number of rotatable bonds is 3. The molecule has 0 unspecified atom stereocenters. The fourth-order valence-electron chi connectivity index (χ4n) is 2.30. The van der Waals surface area contributed by atoms with Crippen LogP contribution in [0, 0.1) is 0 Å². The summed E-state index contributed by atoms with van der Waals surface area (Å²) in [7, 11) is 3.60. The molecule has 0 aliphatic carbocycles. The van der Waals surface area contributed by atoms with Gasteiger partial charge in [0.05, 0.1) is 18.6 Å². The fraction of sp³-hybridized carbons (Fsp3) is 0.500. The minimum Gasteiger partial charge on any atom is -0.495 e. The zero-order valence-corrected chi connectivity index (χ0v) is 13.2. The minimum absolute atomic E-state index is 0.0785. The highest BCUT2D eigenvalue weighted by atomic mass is 35.5. The van der Waals surface area contributed by atoms with Gasteiger partial charge in [-0.1, -0.05) is 23.2 Å². The molecular weight excluding hydrogens is 299 g/mol. The molecule has 0 bridgehead atoms. The molecule has 1 fully saturated rings. The molecule has 110 valence electrons. The number of nitrogens with zero attached hydrogens (tertiary/aromatic N) is 2. The lowest BCUT2D eigenvalue weighted by Crippen LogP contribution is -2.47. The molecule has 0 N–H and O–H groups in total. The first-order chi connectivity index (χ1) is 9.51. The Bertz CT molecular complexity index is 500. The van der Waals surface area contributed by atoms with E-state index in [1.807, 2.05) is 4.90 Å². The van der Waals surface area contributed by atoms with Gasteiger partial charge in [0.2, 0.25) is 5.91 Å². The maximum Gasteiger partial charge on any atom is 0.227 e. The quantitative estimate of drug-likeness (QED) is 0.858. The Morgan fingerprint density at radius 1 is 1.25 bits per heavy atom. The molecule has 1 aromatic carbocycles. The lowest BCUT2D eigenvalue weighted by Gasteiger charge is -2.32. The Morgan fingerprint density at radius 3 is 2.50 bits per heavy atom. The summed E-state index contributed by atoms with van der Waals surface area (Å²) in [5, 5.41) is 0.943. The van der Waals surface area contributed by atoms with E-state index >= 15 is 0 Å². The van der Waals surface area contributed by atoms with Gasteiger partial charge < -0.3 is 14.5 Å². The van der Waals surface area contributed by atoms with Gasteiger partial charge in [-0.3, -0.25) is 4.79 Å². The first-order valence-electron chi connectivity index (χ1n) is 6.49. The van der Waals surface area contributed by atoms with Crippen LogP contribution in [0.4, 0.5) is 0 Å². The third-order valence-electron chi connectivity index (χ3n) is 3.49. The molecule has 6 heteroatoms. The maximum atomic E-state index is 12.3. The van der Waals surface area contributed by atoms with E-state index in [4.69, 9.17) is 27.9 Å². The summed E-state index contributed by atoms with van der Waals surface area (Å²) in [6.45, 7) is 3.32. The second-order valence-electron chi connectivity index (χ2n) is 4.94. The molecule has 1 aliphatic heterocycles. The van der Waals surface area contributed by atoms with Gasteiger partial charge in [0.25, 0.3) is 0 Å². The number of hydrogen-bond donors (Lipinski definition) is 0. The number of carbonyl (C=O) groups excluding carboxylic acids is 1. The van der Waals surface area contributed by atoms with Crippen molar-refractivity contribution in [2.45, 2.75) is 6.42 Å². The zero-order valence-electron chi connectivity index (χ0n) is 11.7. The number of ether oxygens (including phenoxy) is 1. The summed E-state index contributed by atoms with van der Waals surface area (Å²) in [4.78, 5) is 16.4. The van der Waals surface area contributed by atoms with Crippen LogP contribution in [0.15, 0.2) is 12.1 Å². The standard InChI is InChI=1S/C14H18Cl2N2O2/c1-17-3-5-18(6-4-17)13(19)8-10-7-11(15)9-12(16)14(10)20-2/h7,9H,3-6,8H2,1-2H3. The number of methoxy groups -OCH3 is 1. The molecule has 1 amide bonds. The molecule has 2 rings (SSSR count). The van der Waals surface area contributed by atoms with Crippen LogP contribution in [0.3, 0.4) is 0 Å². The van der Waals surface area contributed by atoms with Gasteiger partial charge >= 0.3 is 0 Å². The van der Waals surface area contributed by atoms with Crippen LogP contribution in [-0.4, -0.2) is 56.0 Å². The average Bonchev–Trinajstić information content (AvgIpc) is 2.39. The molecule has 4 nitrogen and oxygen atoms in total. The van der Waals surface area contributed by atoms with Crippen molar-refractivity contribution in [2.24, 2.45) is 0 Å². The molecule has 20 heavy (non-hydrogen) atoms. The Labute approximate surface area is 129 Å². The predicted molar refractivity (Wildman–Crippen MR) is 80.8 cm³/mol. The topological polar surface area (TPSA) is 32.8 Å². The number of benzene rings is 1. The van der Waals surface area contributed by atoms with Crippen molar-refractivity contribution in [3.05, 3.63) is 27.7 Å². The van der Waals surface area contributed by atoms with E-state index in [9.17, 15) is 4.79 Å². The molecule has 0 radical (unpaired) electrons. The molecule has 0 saturated carbocycles. The molecule has 0 atom stereocenters. The summed E-state index contributed by atoms with van der Waals surface area (Å²) >= 11 is 12.1. The van der Waals surface area contributed by atoms with Crippen LogP contribution in [0.5, 0.6) is 5.75 Å². The van der Waals surface area contributed by atoms with Gasteiger partial charge in [-0.15, -0.1) is 0 Å². The molecule has 0 spiro atoms. The van der Waals surface area contributed by atoms with Crippen molar-refractivity contribution >= 4 is 29.1 Å². The van der Waals surface area contributed by atoms with Gasteiger partial charge in [0.1, 0.15) is 5.75 Å². The van der Waals surface area contributed by atoms with Crippen LogP contribution in [0.1, 0.15) is 5.56 Å². The van der Waals surface area contributed by atoms with Gasteiger partial charge in [0.15, 0.2) is 0 Å². The summed E-state index contributed by atoms with van der Waals surface area (Å²) in [6, 6.07) is 3.35. The average molecular weight is 317 g/mol. The van der Waals surface area contributed by atoms with Crippen LogP contribution in [0.25, 0.3) is 0 Å². The van der Waals surface area contributed by atoms with Crippen molar-refractivity contribution < 1.29 is 9.53 Å². The largest absolute Gasteiger partial charge is 0.495 e. The Balaban J connectivity index is 2.11. The maximum absolute atomic E-state index is 12.3. The fourth-order valence-corrected chi connectivity index (χ4v) is 2.92. The smallest absolute Gasteiger partial charge is 0.227 e. The van der Waals surface area contributed by atoms with Gasteiger partial charge in [-0.05, 0) is 19.2 Å². The number of hydrogen-bond acceptors (Lipinski definition) is 3. The molecule has 1 aromatic rings.